The molecule has 1 fully saturated rings. The highest BCUT2D eigenvalue weighted by Gasteiger charge is 2.28. The van der Waals surface area contributed by atoms with E-state index in [4.69, 9.17) is 0 Å². The number of benzene rings is 1. The van der Waals surface area contributed by atoms with Crippen LogP contribution in [-0.2, 0) is 0 Å². The van der Waals surface area contributed by atoms with E-state index >= 15 is 0 Å². The summed E-state index contributed by atoms with van der Waals surface area (Å²) in [5.41, 5.74) is 2.11. The van der Waals surface area contributed by atoms with Crippen LogP contribution >= 0.6 is 15.9 Å². The zero-order chi connectivity index (χ0) is 14.8. The predicted octanol–water partition coefficient (Wildman–Crippen LogP) is 3.47. The van der Waals surface area contributed by atoms with Gasteiger partial charge >= 0.3 is 0 Å². The van der Waals surface area contributed by atoms with E-state index in [0.717, 1.165) is 36.9 Å². The Morgan fingerprint density at radius 1 is 1.40 bits per heavy atom. The molecule has 2 rings (SSSR count). The van der Waals surface area contributed by atoms with Crippen molar-refractivity contribution in [3.05, 3.63) is 28.2 Å². The minimum absolute atomic E-state index is 0.338. The molecular formula is C16H25BrN2O. The molecule has 1 unspecified atom stereocenters. The first-order valence-electron chi connectivity index (χ1n) is 7.43. The summed E-state index contributed by atoms with van der Waals surface area (Å²) in [4.78, 5) is 2.39. The van der Waals surface area contributed by atoms with Crippen LogP contribution < -0.4 is 10.2 Å². The van der Waals surface area contributed by atoms with Crippen molar-refractivity contribution in [1.29, 1.82) is 0 Å². The maximum atomic E-state index is 10.1. The van der Waals surface area contributed by atoms with Crippen LogP contribution in [0, 0.1) is 0 Å². The van der Waals surface area contributed by atoms with E-state index in [0.29, 0.717) is 6.04 Å². The Morgan fingerprint density at radius 3 is 2.65 bits per heavy atom. The molecule has 0 spiro atoms. The molecule has 2 N–H and O–H groups in total. The topological polar surface area (TPSA) is 35.5 Å². The molecule has 0 aliphatic carbocycles. The van der Waals surface area contributed by atoms with Crippen molar-refractivity contribution in [3.8, 4) is 0 Å². The van der Waals surface area contributed by atoms with Gasteiger partial charge in [-0.25, -0.2) is 0 Å². The minimum atomic E-state index is -0.504. The minimum Gasteiger partial charge on any atom is -0.390 e. The average molecular weight is 341 g/mol. The first-order chi connectivity index (χ1) is 9.43. The van der Waals surface area contributed by atoms with Crippen molar-refractivity contribution in [3.63, 3.8) is 0 Å². The van der Waals surface area contributed by atoms with E-state index in [1.165, 1.54) is 11.3 Å². The van der Waals surface area contributed by atoms with Crippen molar-refractivity contribution in [2.75, 3.05) is 24.5 Å². The van der Waals surface area contributed by atoms with Crippen LogP contribution in [0.4, 0.5) is 5.69 Å². The van der Waals surface area contributed by atoms with Crippen molar-refractivity contribution in [2.24, 2.45) is 0 Å². The molecule has 1 aliphatic heterocycles. The van der Waals surface area contributed by atoms with Gasteiger partial charge < -0.3 is 15.3 Å². The predicted molar refractivity (Wildman–Crippen MR) is 88.3 cm³/mol. The fourth-order valence-electron chi connectivity index (χ4n) is 2.80. The summed E-state index contributed by atoms with van der Waals surface area (Å²) >= 11 is 3.58. The molecule has 0 amide bonds. The Morgan fingerprint density at radius 2 is 2.05 bits per heavy atom. The molecule has 1 aliphatic rings. The highest BCUT2D eigenvalue weighted by molar-refractivity contribution is 9.10. The lowest BCUT2D eigenvalue weighted by Gasteiger charge is -2.38. The Labute approximate surface area is 130 Å². The van der Waals surface area contributed by atoms with E-state index in [9.17, 15) is 5.11 Å². The van der Waals surface area contributed by atoms with E-state index in [1.54, 1.807) is 0 Å². The molecular weight excluding hydrogens is 316 g/mol. The number of anilines is 1. The van der Waals surface area contributed by atoms with Crippen LogP contribution in [-0.4, -0.2) is 30.3 Å². The average Bonchev–Trinajstić information content (AvgIpc) is 2.38. The fraction of sp³-hybridized carbons (Fsp3) is 0.625. The lowest BCUT2D eigenvalue weighted by atomic mass is 9.92. The number of aliphatic hydroxyl groups is 1. The molecule has 0 bridgehead atoms. The van der Waals surface area contributed by atoms with Gasteiger partial charge in [0.15, 0.2) is 0 Å². The van der Waals surface area contributed by atoms with Gasteiger partial charge in [0.05, 0.1) is 5.60 Å². The van der Waals surface area contributed by atoms with Crippen molar-refractivity contribution in [2.45, 2.75) is 45.3 Å². The van der Waals surface area contributed by atoms with Gasteiger partial charge in [0.2, 0.25) is 0 Å². The first kappa shape index (κ1) is 15.8. The number of nitrogens with one attached hydrogen (secondary N) is 1. The molecule has 1 heterocycles. The summed E-state index contributed by atoms with van der Waals surface area (Å²) in [5.74, 6) is 0. The quantitative estimate of drug-likeness (QED) is 0.880. The summed E-state index contributed by atoms with van der Waals surface area (Å²) in [6, 6.07) is 6.83. The van der Waals surface area contributed by atoms with Crippen LogP contribution in [0.3, 0.4) is 0 Å². The zero-order valence-corrected chi connectivity index (χ0v) is 14.2. The van der Waals surface area contributed by atoms with Crippen LogP contribution in [0.2, 0.25) is 0 Å². The Balaban J connectivity index is 2.23. The smallest absolute Gasteiger partial charge is 0.0653 e. The number of hydrogen-bond donors (Lipinski definition) is 2. The summed E-state index contributed by atoms with van der Waals surface area (Å²) < 4.78 is 1.11. The van der Waals surface area contributed by atoms with Crippen molar-refractivity contribution >= 4 is 21.6 Å². The molecule has 20 heavy (non-hydrogen) atoms. The second-order valence-electron chi connectivity index (χ2n) is 5.97. The Kier molecular flexibility index (Phi) is 5.10. The molecule has 4 heteroatoms. The van der Waals surface area contributed by atoms with Gasteiger partial charge in [0.25, 0.3) is 0 Å². The van der Waals surface area contributed by atoms with Crippen molar-refractivity contribution < 1.29 is 5.11 Å². The lowest BCUT2D eigenvalue weighted by Crippen LogP contribution is -2.43. The van der Waals surface area contributed by atoms with Gasteiger partial charge in [-0.2, -0.15) is 0 Å². The second kappa shape index (κ2) is 6.46. The summed E-state index contributed by atoms with van der Waals surface area (Å²) in [5, 5.41) is 13.6. The summed E-state index contributed by atoms with van der Waals surface area (Å²) in [7, 11) is 0. The molecule has 0 aromatic heterocycles. The summed E-state index contributed by atoms with van der Waals surface area (Å²) in [6.45, 7) is 9.06. The first-order valence-corrected chi connectivity index (χ1v) is 8.22. The summed E-state index contributed by atoms with van der Waals surface area (Å²) in [6.07, 6.45) is 1.66. The van der Waals surface area contributed by atoms with Crippen LogP contribution in [0.1, 0.15) is 45.2 Å². The SMILES string of the molecule is CCNC(C)c1ccc(Br)cc1N1CCC(C)(O)CC1. The number of rotatable bonds is 4. The van der Waals surface area contributed by atoms with Gasteiger partial charge in [-0.1, -0.05) is 28.9 Å². The molecule has 112 valence electrons. The van der Waals surface area contributed by atoms with Gasteiger partial charge in [0, 0.05) is 29.3 Å². The molecule has 1 atom stereocenters. The maximum absolute atomic E-state index is 10.1. The lowest BCUT2D eigenvalue weighted by molar-refractivity contribution is 0.0351. The molecule has 1 aromatic rings. The fourth-order valence-corrected chi connectivity index (χ4v) is 3.15. The number of hydrogen-bond acceptors (Lipinski definition) is 3. The number of nitrogens with zero attached hydrogens (tertiary/aromatic N) is 1. The van der Waals surface area contributed by atoms with E-state index < -0.39 is 5.60 Å². The maximum Gasteiger partial charge on any atom is 0.0653 e. The third-order valence-corrected chi connectivity index (χ3v) is 4.64. The van der Waals surface area contributed by atoms with Crippen LogP contribution in [0.15, 0.2) is 22.7 Å². The van der Waals surface area contributed by atoms with Gasteiger partial charge in [-0.05, 0) is 50.9 Å². The van der Waals surface area contributed by atoms with Crippen LogP contribution in [0.5, 0.6) is 0 Å². The Hall–Kier alpha value is -0.580. The van der Waals surface area contributed by atoms with Gasteiger partial charge in [-0.3, -0.25) is 0 Å². The van der Waals surface area contributed by atoms with Gasteiger partial charge in [0.1, 0.15) is 0 Å². The highest BCUT2D eigenvalue weighted by Crippen LogP contribution is 2.33. The molecule has 1 saturated heterocycles. The van der Waals surface area contributed by atoms with E-state index in [-0.39, 0.29) is 0 Å². The third-order valence-electron chi connectivity index (χ3n) is 4.15. The second-order valence-corrected chi connectivity index (χ2v) is 6.88. The van der Waals surface area contributed by atoms with E-state index in [1.807, 2.05) is 6.92 Å². The van der Waals surface area contributed by atoms with E-state index in [2.05, 4.69) is 58.2 Å². The van der Waals surface area contributed by atoms with Gasteiger partial charge in [-0.15, -0.1) is 0 Å². The number of piperidine rings is 1. The molecule has 0 radical (unpaired) electrons. The van der Waals surface area contributed by atoms with Crippen LogP contribution in [0.25, 0.3) is 0 Å². The monoisotopic (exact) mass is 340 g/mol. The molecule has 3 nitrogen and oxygen atoms in total. The molecule has 1 aromatic carbocycles. The van der Waals surface area contributed by atoms with Crippen molar-refractivity contribution in [1.82, 2.24) is 5.32 Å². The normalized spacial score (nSPS) is 19.9. The highest BCUT2D eigenvalue weighted by atomic mass is 79.9. The standard InChI is InChI=1S/C16H25BrN2O/c1-4-18-12(2)14-6-5-13(17)11-15(14)19-9-7-16(3,20)8-10-19/h5-6,11-12,18,20H,4,7-10H2,1-3H3. The molecule has 0 saturated carbocycles. The third kappa shape index (κ3) is 3.74. The Bertz CT molecular complexity index is 452. The largest absolute Gasteiger partial charge is 0.390 e. The number of halogens is 1. The zero-order valence-electron chi connectivity index (χ0n) is 12.6.